The first-order valence-electron chi connectivity index (χ1n) is 10.7. The van der Waals surface area contributed by atoms with Gasteiger partial charge in [0.25, 0.3) is 11.1 Å². The van der Waals surface area contributed by atoms with Gasteiger partial charge in [0.05, 0.1) is 22.6 Å². The summed E-state index contributed by atoms with van der Waals surface area (Å²) in [5, 5.41) is 1.78. The Morgan fingerprint density at radius 2 is 1.97 bits per heavy atom. The molecule has 0 unspecified atom stereocenters. The maximum absolute atomic E-state index is 13.3. The third-order valence-corrected chi connectivity index (χ3v) is 6.04. The van der Waals surface area contributed by atoms with Gasteiger partial charge in [-0.15, -0.1) is 0 Å². The van der Waals surface area contributed by atoms with Crippen LogP contribution in [0.5, 0.6) is 11.5 Å². The Hall–Kier alpha value is -3.04. The highest BCUT2D eigenvalue weighted by molar-refractivity contribution is 8.18. The van der Waals surface area contributed by atoms with Crippen molar-refractivity contribution in [3.05, 3.63) is 57.7 Å². The smallest absolute Gasteiger partial charge is 0.294 e. The normalized spacial score (nSPS) is 15.6. The van der Waals surface area contributed by atoms with Gasteiger partial charge in [0.1, 0.15) is 12.4 Å². The van der Waals surface area contributed by atoms with Gasteiger partial charge in [-0.25, -0.2) is 4.39 Å². The molecule has 0 radical (unpaired) electrons. The molecule has 0 saturated carbocycles. The number of ether oxygens (including phenoxy) is 2. The van der Waals surface area contributed by atoms with E-state index in [-0.39, 0.29) is 21.7 Å². The quantitative estimate of drug-likeness (QED) is 0.437. The molecule has 10 heteroatoms. The zero-order valence-electron chi connectivity index (χ0n) is 18.9. The van der Waals surface area contributed by atoms with Gasteiger partial charge in [0, 0.05) is 5.69 Å². The molecule has 1 saturated heterocycles. The number of carbonyl (C=O) groups is 3. The van der Waals surface area contributed by atoms with Crippen molar-refractivity contribution in [1.29, 1.82) is 0 Å². The second-order valence-electron chi connectivity index (χ2n) is 7.42. The van der Waals surface area contributed by atoms with E-state index in [4.69, 9.17) is 21.1 Å². The Kier molecular flexibility index (Phi) is 8.57. The largest absolute Gasteiger partial charge is 0.490 e. The molecule has 180 valence electrons. The van der Waals surface area contributed by atoms with Crippen LogP contribution in [0.2, 0.25) is 5.02 Å². The molecule has 3 rings (SSSR count). The van der Waals surface area contributed by atoms with Crippen LogP contribution in [0, 0.1) is 5.82 Å². The lowest BCUT2D eigenvalue weighted by atomic mass is 10.1. The molecular formula is C24H24ClFN2O5S. The van der Waals surface area contributed by atoms with Crippen LogP contribution < -0.4 is 14.8 Å². The van der Waals surface area contributed by atoms with Gasteiger partial charge in [-0.2, -0.15) is 0 Å². The van der Waals surface area contributed by atoms with Gasteiger partial charge in [0.15, 0.2) is 11.5 Å². The number of amides is 3. The standard InChI is InChI=1S/C24H24ClFN2O5S/c1-4-14(3)33-19-9-6-15(10-20(19)32-5-2)11-21-23(30)28(24(31)34-21)13-22(29)27-16-7-8-18(26)17(25)12-16/h6-12,14H,4-5,13H2,1-3H3,(H,27,29)/b21-11+/t14-/m0/s1. The highest BCUT2D eigenvalue weighted by Gasteiger charge is 2.36. The fourth-order valence-corrected chi connectivity index (χ4v) is 4.00. The van der Waals surface area contributed by atoms with Crippen LogP contribution in [-0.2, 0) is 9.59 Å². The molecule has 1 fully saturated rings. The zero-order valence-corrected chi connectivity index (χ0v) is 20.5. The molecule has 2 aromatic rings. The number of carbonyl (C=O) groups excluding carboxylic acids is 3. The molecule has 2 aromatic carbocycles. The lowest BCUT2D eigenvalue weighted by Gasteiger charge is -2.16. The van der Waals surface area contributed by atoms with Crippen LogP contribution in [0.1, 0.15) is 32.8 Å². The van der Waals surface area contributed by atoms with Crippen LogP contribution in [-0.4, -0.2) is 41.2 Å². The Labute approximate surface area is 206 Å². The minimum atomic E-state index is -0.622. The van der Waals surface area contributed by atoms with Gasteiger partial charge in [-0.3, -0.25) is 19.3 Å². The summed E-state index contributed by atoms with van der Waals surface area (Å²) < 4.78 is 24.8. The van der Waals surface area contributed by atoms with Crippen molar-refractivity contribution in [3.63, 3.8) is 0 Å². The summed E-state index contributed by atoms with van der Waals surface area (Å²) in [4.78, 5) is 38.5. The Bertz CT molecular complexity index is 1140. The summed E-state index contributed by atoms with van der Waals surface area (Å²) in [5.74, 6) is -0.688. The van der Waals surface area contributed by atoms with E-state index in [2.05, 4.69) is 5.32 Å². The van der Waals surface area contributed by atoms with E-state index in [0.29, 0.717) is 23.7 Å². The fraction of sp³-hybridized carbons (Fsp3) is 0.292. The number of hydrogen-bond acceptors (Lipinski definition) is 6. The van der Waals surface area contributed by atoms with Crippen LogP contribution in [0.25, 0.3) is 6.08 Å². The van der Waals surface area contributed by atoms with Crippen LogP contribution in [0.3, 0.4) is 0 Å². The van der Waals surface area contributed by atoms with Crippen molar-refractivity contribution < 1.29 is 28.2 Å². The molecule has 1 aliphatic heterocycles. The molecule has 0 aliphatic carbocycles. The van der Waals surface area contributed by atoms with E-state index >= 15 is 0 Å². The number of halogens is 2. The van der Waals surface area contributed by atoms with Crippen LogP contribution in [0.15, 0.2) is 41.3 Å². The summed E-state index contributed by atoms with van der Waals surface area (Å²) in [5.41, 5.74) is 0.901. The molecule has 1 heterocycles. The first-order chi connectivity index (χ1) is 16.2. The van der Waals surface area contributed by atoms with E-state index in [0.717, 1.165) is 29.1 Å². The predicted molar refractivity (Wildman–Crippen MR) is 131 cm³/mol. The Balaban J connectivity index is 1.72. The van der Waals surface area contributed by atoms with Crippen molar-refractivity contribution in [1.82, 2.24) is 4.90 Å². The average Bonchev–Trinajstić information content (AvgIpc) is 3.05. The lowest BCUT2D eigenvalue weighted by molar-refractivity contribution is -0.127. The molecule has 34 heavy (non-hydrogen) atoms. The molecule has 7 nitrogen and oxygen atoms in total. The molecule has 0 bridgehead atoms. The SMILES string of the molecule is CCOc1cc(/C=C2/SC(=O)N(CC(=O)Nc3ccc(F)c(Cl)c3)C2=O)ccc1O[C@@H](C)CC. The van der Waals surface area contributed by atoms with Gasteiger partial charge < -0.3 is 14.8 Å². The van der Waals surface area contributed by atoms with Crippen molar-refractivity contribution in [2.75, 3.05) is 18.5 Å². The number of imide groups is 1. The summed E-state index contributed by atoms with van der Waals surface area (Å²) in [6.45, 7) is 5.79. The number of hydrogen-bond donors (Lipinski definition) is 1. The molecule has 1 N–H and O–H groups in total. The van der Waals surface area contributed by atoms with Gasteiger partial charge in [0.2, 0.25) is 5.91 Å². The van der Waals surface area contributed by atoms with Gasteiger partial charge in [-0.05, 0) is 74.0 Å². The molecule has 0 spiro atoms. The molecule has 1 atom stereocenters. The predicted octanol–water partition coefficient (Wildman–Crippen LogP) is 5.73. The summed E-state index contributed by atoms with van der Waals surface area (Å²) in [6, 6.07) is 8.94. The highest BCUT2D eigenvalue weighted by atomic mass is 35.5. The van der Waals surface area contributed by atoms with Crippen LogP contribution in [0.4, 0.5) is 14.9 Å². The fourth-order valence-electron chi connectivity index (χ4n) is 2.99. The van der Waals surface area contributed by atoms with E-state index in [1.165, 1.54) is 12.1 Å². The highest BCUT2D eigenvalue weighted by Crippen LogP contribution is 2.35. The molecule has 0 aromatic heterocycles. The number of benzene rings is 2. The van der Waals surface area contributed by atoms with Crippen molar-refractivity contribution in [3.8, 4) is 11.5 Å². The molecular weight excluding hydrogens is 483 g/mol. The summed E-state index contributed by atoms with van der Waals surface area (Å²) in [6.07, 6.45) is 2.42. The lowest BCUT2D eigenvalue weighted by Crippen LogP contribution is -2.36. The van der Waals surface area contributed by atoms with Crippen molar-refractivity contribution in [2.45, 2.75) is 33.3 Å². The third kappa shape index (κ3) is 6.30. The number of thioether (sulfide) groups is 1. The van der Waals surface area contributed by atoms with E-state index in [1.807, 2.05) is 20.8 Å². The van der Waals surface area contributed by atoms with E-state index < -0.39 is 29.4 Å². The number of nitrogens with zero attached hydrogens (tertiary/aromatic N) is 1. The van der Waals surface area contributed by atoms with E-state index in [1.54, 1.807) is 24.3 Å². The van der Waals surface area contributed by atoms with Crippen LogP contribution >= 0.6 is 23.4 Å². The van der Waals surface area contributed by atoms with Gasteiger partial charge >= 0.3 is 0 Å². The average molecular weight is 507 g/mol. The van der Waals surface area contributed by atoms with Crippen molar-refractivity contribution in [2.24, 2.45) is 0 Å². The van der Waals surface area contributed by atoms with Crippen molar-refractivity contribution >= 4 is 52.2 Å². The first-order valence-corrected chi connectivity index (χ1v) is 11.8. The number of anilines is 1. The maximum atomic E-state index is 13.3. The monoisotopic (exact) mass is 506 g/mol. The Morgan fingerprint density at radius 1 is 1.21 bits per heavy atom. The summed E-state index contributed by atoms with van der Waals surface area (Å²) in [7, 11) is 0. The maximum Gasteiger partial charge on any atom is 0.294 e. The second-order valence-corrected chi connectivity index (χ2v) is 8.82. The molecule has 3 amide bonds. The first kappa shape index (κ1) is 25.6. The zero-order chi connectivity index (χ0) is 24.8. The minimum Gasteiger partial charge on any atom is -0.490 e. The minimum absolute atomic E-state index is 0.0126. The topological polar surface area (TPSA) is 84.9 Å². The summed E-state index contributed by atoms with van der Waals surface area (Å²) >= 11 is 6.45. The molecule has 1 aliphatic rings. The third-order valence-electron chi connectivity index (χ3n) is 4.85. The van der Waals surface area contributed by atoms with E-state index in [9.17, 15) is 18.8 Å². The number of nitrogens with one attached hydrogen (secondary N) is 1. The Morgan fingerprint density at radius 3 is 2.65 bits per heavy atom. The number of rotatable bonds is 9. The second kappa shape index (κ2) is 11.4. The van der Waals surface area contributed by atoms with Gasteiger partial charge in [-0.1, -0.05) is 24.6 Å².